The average molecular weight is 456 g/mol. The molecule has 1 aromatic heterocycles. The summed E-state index contributed by atoms with van der Waals surface area (Å²) in [5, 5.41) is 9.53. The largest absolute Gasteiger partial charge is 0.385 e. The third-order valence-electron chi connectivity index (χ3n) is 7.00. The lowest BCUT2D eigenvalue weighted by molar-refractivity contribution is -0.146. The second kappa shape index (κ2) is 10.4. The van der Waals surface area contributed by atoms with Gasteiger partial charge in [0, 0.05) is 64.4 Å². The van der Waals surface area contributed by atoms with Gasteiger partial charge in [-0.1, -0.05) is 6.07 Å². The Morgan fingerprint density at radius 3 is 2.85 bits per heavy atom. The molecule has 2 saturated heterocycles. The minimum Gasteiger partial charge on any atom is -0.385 e. The van der Waals surface area contributed by atoms with Gasteiger partial charge >= 0.3 is 0 Å². The fourth-order valence-electron chi connectivity index (χ4n) is 5.05. The number of hydrogen-bond acceptors (Lipinski definition) is 6. The summed E-state index contributed by atoms with van der Waals surface area (Å²) < 4.78 is 13.2. The van der Waals surface area contributed by atoms with Gasteiger partial charge < -0.3 is 24.6 Å². The summed E-state index contributed by atoms with van der Waals surface area (Å²) in [7, 11) is 1.74. The number of methoxy groups -OCH3 is 1. The molecule has 180 valence electrons. The first-order chi connectivity index (χ1) is 16.2. The average Bonchev–Trinajstić information content (AvgIpc) is 3.65. The van der Waals surface area contributed by atoms with Crippen molar-refractivity contribution in [3.63, 3.8) is 0 Å². The van der Waals surface area contributed by atoms with Crippen molar-refractivity contribution < 1.29 is 14.3 Å². The third kappa shape index (κ3) is 5.18. The molecule has 1 N–H and O–H groups in total. The normalized spacial score (nSPS) is 21.5. The number of amides is 1. The molecular weight excluding hydrogens is 418 g/mol. The molecule has 1 saturated carbocycles. The Balaban J connectivity index is 1.40. The number of hydrogen-bond donors (Lipinski definition) is 1. The molecule has 3 fully saturated rings. The molecule has 2 aliphatic heterocycles. The molecule has 5 rings (SSSR count). The van der Waals surface area contributed by atoms with Gasteiger partial charge in [0.15, 0.2) is 5.82 Å². The number of morpholine rings is 1. The number of aromatic nitrogens is 2. The first kappa shape index (κ1) is 22.6. The highest BCUT2D eigenvalue weighted by Crippen LogP contribution is 2.32. The number of piperidine rings is 1. The number of aryl methyl sites for hydroxylation is 1. The van der Waals surface area contributed by atoms with Gasteiger partial charge in [-0.3, -0.25) is 9.48 Å². The number of carbonyl (C=O) groups is 1. The van der Waals surface area contributed by atoms with Crippen molar-refractivity contribution in [2.24, 2.45) is 0 Å². The van der Waals surface area contributed by atoms with Crippen molar-refractivity contribution in [1.29, 1.82) is 0 Å². The molecule has 1 atom stereocenters. The molecule has 1 aliphatic carbocycles. The minimum absolute atomic E-state index is 0.118. The summed E-state index contributed by atoms with van der Waals surface area (Å²) >= 11 is 0. The number of fused-ring (bicyclic) bond motifs is 1. The monoisotopic (exact) mass is 455 g/mol. The highest BCUT2D eigenvalue weighted by Gasteiger charge is 2.37. The van der Waals surface area contributed by atoms with Gasteiger partial charge in [0.2, 0.25) is 0 Å². The number of nitrogens with one attached hydrogen (secondary N) is 1. The third-order valence-corrected chi connectivity index (χ3v) is 7.00. The smallest absolute Gasteiger partial charge is 0.253 e. The van der Waals surface area contributed by atoms with Crippen LogP contribution in [0.2, 0.25) is 0 Å². The first-order valence-corrected chi connectivity index (χ1v) is 12.6. The van der Waals surface area contributed by atoms with Gasteiger partial charge in [-0.15, -0.1) is 0 Å². The maximum Gasteiger partial charge on any atom is 0.253 e. The van der Waals surface area contributed by atoms with E-state index in [2.05, 4.69) is 33.1 Å². The lowest BCUT2D eigenvalue weighted by Crippen LogP contribution is -2.49. The van der Waals surface area contributed by atoms with Gasteiger partial charge in [-0.25, -0.2) is 0 Å². The van der Waals surface area contributed by atoms with Crippen LogP contribution in [0.5, 0.6) is 0 Å². The number of carbonyl (C=O) groups excluding carboxylic acids is 1. The molecule has 0 spiro atoms. The van der Waals surface area contributed by atoms with Crippen LogP contribution in [0.25, 0.3) is 10.9 Å². The zero-order valence-corrected chi connectivity index (χ0v) is 19.8. The van der Waals surface area contributed by atoms with E-state index in [0.717, 1.165) is 68.9 Å². The molecule has 2 aromatic rings. The standard InChI is InChI=1S/C25H37N5O3/c1-32-14-5-13-30-22-16-19(6-9-21(22)24(27-30)28-11-3-2-4-12-28)18-29(20-7-8-20)25(31)23-17-26-10-15-33-23/h6,9,16,20,23,26H,2-5,7-8,10-15,17-18H2,1H3/t23-/m1/s1. The second-order valence-electron chi connectivity index (χ2n) is 9.55. The molecule has 33 heavy (non-hydrogen) atoms. The van der Waals surface area contributed by atoms with Gasteiger partial charge in [-0.2, -0.15) is 5.10 Å². The molecule has 8 nitrogen and oxygen atoms in total. The van der Waals surface area contributed by atoms with E-state index in [-0.39, 0.29) is 12.0 Å². The highest BCUT2D eigenvalue weighted by atomic mass is 16.5. The lowest BCUT2D eigenvalue weighted by atomic mass is 10.1. The summed E-state index contributed by atoms with van der Waals surface area (Å²) in [5.41, 5.74) is 2.31. The van der Waals surface area contributed by atoms with Gasteiger partial charge in [0.05, 0.1) is 12.1 Å². The van der Waals surface area contributed by atoms with Crippen LogP contribution >= 0.6 is 0 Å². The molecule has 1 amide bonds. The van der Waals surface area contributed by atoms with Crippen molar-refractivity contribution in [1.82, 2.24) is 20.0 Å². The molecule has 1 aromatic carbocycles. The van der Waals surface area contributed by atoms with Gasteiger partial charge in [0.25, 0.3) is 5.91 Å². The second-order valence-corrected chi connectivity index (χ2v) is 9.55. The Hall–Kier alpha value is -2.16. The van der Waals surface area contributed by atoms with Crippen LogP contribution < -0.4 is 10.2 Å². The van der Waals surface area contributed by atoms with E-state index in [1.54, 1.807) is 7.11 Å². The van der Waals surface area contributed by atoms with E-state index in [9.17, 15) is 4.79 Å². The topological polar surface area (TPSA) is 71.9 Å². The van der Waals surface area contributed by atoms with E-state index < -0.39 is 0 Å². The van der Waals surface area contributed by atoms with E-state index in [4.69, 9.17) is 14.6 Å². The van der Waals surface area contributed by atoms with Crippen LogP contribution in [0.1, 0.15) is 44.1 Å². The minimum atomic E-state index is -0.367. The van der Waals surface area contributed by atoms with E-state index in [1.165, 1.54) is 24.6 Å². The molecular formula is C25H37N5O3. The van der Waals surface area contributed by atoms with Crippen molar-refractivity contribution >= 4 is 22.6 Å². The first-order valence-electron chi connectivity index (χ1n) is 12.6. The van der Waals surface area contributed by atoms with E-state index in [0.29, 0.717) is 25.7 Å². The molecule has 8 heteroatoms. The summed E-state index contributed by atoms with van der Waals surface area (Å²) in [6.07, 6.45) is 6.49. The van der Waals surface area contributed by atoms with Crippen molar-refractivity contribution in [2.45, 2.75) is 63.8 Å². The van der Waals surface area contributed by atoms with Crippen LogP contribution in [0.3, 0.4) is 0 Å². The summed E-state index contributed by atoms with van der Waals surface area (Å²) in [4.78, 5) is 17.7. The van der Waals surface area contributed by atoms with Crippen LogP contribution in [0.15, 0.2) is 18.2 Å². The summed E-state index contributed by atoms with van der Waals surface area (Å²) in [6, 6.07) is 6.97. The SMILES string of the molecule is COCCCn1nc(N2CCCCC2)c2ccc(CN(C(=O)[C@H]3CNCCO3)C3CC3)cc21. The van der Waals surface area contributed by atoms with Crippen molar-refractivity contribution in [3.05, 3.63) is 23.8 Å². The molecule has 0 bridgehead atoms. The Bertz CT molecular complexity index is 945. The molecule has 3 heterocycles. The summed E-state index contributed by atoms with van der Waals surface area (Å²) in [5.74, 6) is 1.22. The highest BCUT2D eigenvalue weighted by molar-refractivity contribution is 5.91. The van der Waals surface area contributed by atoms with E-state index in [1.807, 2.05) is 4.90 Å². The maximum absolute atomic E-state index is 13.2. The van der Waals surface area contributed by atoms with Crippen LogP contribution in [0.4, 0.5) is 5.82 Å². The lowest BCUT2D eigenvalue weighted by Gasteiger charge is -2.30. The van der Waals surface area contributed by atoms with Gasteiger partial charge in [0.1, 0.15) is 6.10 Å². The number of nitrogens with zero attached hydrogens (tertiary/aromatic N) is 4. The fourth-order valence-corrected chi connectivity index (χ4v) is 5.05. The molecule has 0 unspecified atom stereocenters. The number of anilines is 1. The predicted octanol–water partition coefficient (Wildman–Crippen LogP) is 2.54. The molecule has 0 radical (unpaired) electrons. The van der Waals surface area contributed by atoms with Crippen molar-refractivity contribution in [2.75, 3.05) is 51.4 Å². The van der Waals surface area contributed by atoms with Crippen LogP contribution in [-0.2, 0) is 27.4 Å². The van der Waals surface area contributed by atoms with Crippen LogP contribution in [0, 0.1) is 0 Å². The fraction of sp³-hybridized carbons (Fsp3) is 0.680. The van der Waals surface area contributed by atoms with Crippen molar-refractivity contribution in [3.8, 4) is 0 Å². The quantitative estimate of drug-likeness (QED) is 0.586. The summed E-state index contributed by atoms with van der Waals surface area (Å²) in [6.45, 7) is 6.34. The Morgan fingerprint density at radius 2 is 2.12 bits per heavy atom. The maximum atomic E-state index is 13.2. The number of rotatable bonds is 9. The number of ether oxygens (including phenoxy) is 2. The number of benzene rings is 1. The zero-order valence-electron chi connectivity index (χ0n) is 19.8. The van der Waals surface area contributed by atoms with Gasteiger partial charge in [-0.05, 0) is 56.2 Å². The molecule has 3 aliphatic rings. The Morgan fingerprint density at radius 1 is 1.27 bits per heavy atom. The Kier molecular flexibility index (Phi) is 7.13. The van der Waals surface area contributed by atoms with Crippen LogP contribution in [-0.4, -0.2) is 79.2 Å². The zero-order chi connectivity index (χ0) is 22.6. The Labute approximate surface area is 196 Å². The van der Waals surface area contributed by atoms with E-state index >= 15 is 0 Å². The predicted molar refractivity (Wildman–Crippen MR) is 128 cm³/mol.